The fraction of sp³-hybridized carbons (Fsp3) is 0.471. The van der Waals surface area contributed by atoms with Gasteiger partial charge in [0.05, 0.1) is 25.0 Å². The number of amides is 1. The second kappa shape index (κ2) is 7.60. The summed E-state index contributed by atoms with van der Waals surface area (Å²) in [5.41, 5.74) is 1.48. The van der Waals surface area contributed by atoms with Crippen molar-refractivity contribution in [1.29, 1.82) is 5.26 Å². The number of esters is 1. The first-order valence-corrected chi connectivity index (χ1v) is 7.57. The van der Waals surface area contributed by atoms with Gasteiger partial charge in [0.15, 0.2) is 0 Å². The molecule has 1 fully saturated rings. The third kappa shape index (κ3) is 3.85. The normalized spacial score (nSPS) is 17.6. The summed E-state index contributed by atoms with van der Waals surface area (Å²) in [5, 5.41) is 8.66. The van der Waals surface area contributed by atoms with Gasteiger partial charge in [-0.15, -0.1) is 0 Å². The SMILES string of the molecule is CCOC(=O)C1CCCN(C(=O)c2ccc(CC#N)cc2)C1. The molecule has 1 heterocycles. The van der Waals surface area contributed by atoms with Crippen LogP contribution in [0.3, 0.4) is 0 Å². The molecular weight excluding hydrogens is 280 g/mol. The molecule has 2 rings (SSSR count). The highest BCUT2D eigenvalue weighted by Gasteiger charge is 2.29. The Balaban J connectivity index is 2.02. The van der Waals surface area contributed by atoms with Crippen molar-refractivity contribution in [2.45, 2.75) is 26.2 Å². The summed E-state index contributed by atoms with van der Waals surface area (Å²) in [4.78, 5) is 26.0. The van der Waals surface area contributed by atoms with Crippen LogP contribution >= 0.6 is 0 Å². The Morgan fingerprint density at radius 2 is 2.09 bits per heavy atom. The number of hydrogen-bond donors (Lipinski definition) is 0. The molecule has 0 spiro atoms. The van der Waals surface area contributed by atoms with Crippen LogP contribution in [0.2, 0.25) is 0 Å². The molecule has 1 atom stereocenters. The lowest BCUT2D eigenvalue weighted by molar-refractivity contribution is -0.149. The van der Waals surface area contributed by atoms with Crippen molar-refractivity contribution < 1.29 is 14.3 Å². The molecule has 0 radical (unpaired) electrons. The van der Waals surface area contributed by atoms with E-state index >= 15 is 0 Å². The summed E-state index contributed by atoms with van der Waals surface area (Å²) in [6.45, 7) is 3.22. The molecule has 22 heavy (non-hydrogen) atoms. The van der Waals surface area contributed by atoms with Crippen LogP contribution in [-0.4, -0.2) is 36.5 Å². The maximum absolute atomic E-state index is 12.5. The molecule has 0 N–H and O–H groups in total. The van der Waals surface area contributed by atoms with Crippen LogP contribution in [0.1, 0.15) is 35.7 Å². The zero-order valence-electron chi connectivity index (χ0n) is 12.7. The molecule has 1 amide bonds. The Hall–Kier alpha value is -2.35. The third-order valence-electron chi connectivity index (χ3n) is 3.81. The van der Waals surface area contributed by atoms with Gasteiger partial charge in [-0.3, -0.25) is 9.59 Å². The number of hydrogen-bond acceptors (Lipinski definition) is 4. The van der Waals surface area contributed by atoms with E-state index in [0.29, 0.717) is 31.7 Å². The molecule has 0 aromatic heterocycles. The average molecular weight is 300 g/mol. The predicted octanol–water partition coefficient (Wildman–Crippen LogP) is 2.17. The summed E-state index contributed by atoms with van der Waals surface area (Å²) in [6.07, 6.45) is 1.91. The lowest BCUT2D eigenvalue weighted by Gasteiger charge is -2.31. The molecule has 1 aliphatic heterocycles. The average Bonchev–Trinajstić information content (AvgIpc) is 2.55. The lowest BCUT2D eigenvalue weighted by atomic mass is 9.97. The molecule has 5 heteroatoms. The van der Waals surface area contributed by atoms with Gasteiger partial charge in [0.2, 0.25) is 0 Å². The molecule has 1 aromatic rings. The lowest BCUT2D eigenvalue weighted by Crippen LogP contribution is -2.42. The summed E-state index contributed by atoms with van der Waals surface area (Å²) in [5.74, 6) is -0.516. The van der Waals surface area contributed by atoms with E-state index in [9.17, 15) is 9.59 Å². The molecule has 1 aromatic carbocycles. The van der Waals surface area contributed by atoms with Crippen LogP contribution in [0.25, 0.3) is 0 Å². The van der Waals surface area contributed by atoms with Crippen molar-refractivity contribution in [1.82, 2.24) is 4.90 Å². The number of carbonyl (C=O) groups is 2. The molecule has 1 saturated heterocycles. The number of rotatable bonds is 4. The van der Waals surface area contributed by atoms with Gasteiger partial charge in [0.1, 0.15) is 0 Å². The number of ether oxygens (including phenoxy) is 1. The van der Waals surface area contributed by atoms with Gasteiger partial charge in [-0.1, -0.05) is 12.1 Å². The van der Waals surface area contributed by atoms with Crippen LogP contribution in [0.15, 0.2) is 24.3 Å². The van der Waals surface area contributed by atoms with Gasteiger partial charge >= 0.3 is 5.97 Å². The molecular formula is C17H20N2O3. The molecule has 0 aliphatic carbocycles. The molecule has 116 valence electrons. The zero-order chi connectivity index (χ0) is 15.9. The highest BCUT2D eigenvalue weighted by atomic mass is 16.5. The highest BCUT2D eigenvalue weighted by molar-refractivity contribution is 5.94. The van der Waals surface area contributed by atoms with Crippen LogP contribution in [0.4, 0.5) is 0 Å². The van der Waals surface area contributed by atoms with E-state index in [0.717, 1.165) is 18.4 Å². The summed E-state index contributed by atoms with van der Waals surface area (Å²) in [6, 6.07) is 9.15. The second-order valence-corrected chi connectivity index (χ2v) is 5.37. The number of likely N-dealkylation sites (tertiary alicyclic amines) is 1. The summed E-state index contributed by atoms with van der Waals surface area (Å²) < 4.78 is 5.05. The number of nitrogens with zero attached hydrogens (tertiary/aromatic N) is 2. The Morgan fingerprint density at radius 1 is 1.36 bits per heavy atom. The van der Waals surface area contributed by atoms with E-state index in [-0.39, 0.29) is 17.8 Å². The third-order valence-corrected chi connectivity index (χ3v) is 3.81. The maximum Gasteiger partial charge on any atom is 0.310 e. The highest BCUT2D eigenvalue weighted by Crippen LogP contribution is 2.20. The van der Waals surface area contributed by atoms with Gasteiger partial charge in [0, 0.05) is 18.7 Å². The fourth-order valence-electron chi connectivity index (χ4n) is 2.65. The first-order valence-electron chi connectivity index (χ1n) is 7.57. The Labute approximate surface area is 130 Å². The monoisotopic (exact) mass is 300 g/mol. The largest absolute Gasteiger partial charge is 0.466 e. The predicted molar refractivity (Wildman–Crippen MR) is 81.0 cm³/mol. The summed E-state index contributed by atoms with van der Waals surface area (Å²) >= 11 is 0. The van der Waals surface area contributed by atoms with E-state index in [1.54, 1.807) is 36.1 Å². The first kappa shape index (κ1) is 16.0. The van der Waals surface area contributed by atoms with Crippen LogP contribution in [0, 0.1) is 17.2 Å². The molecule has 0 saturated carbocycles. The van der Waals surface area contributed by atoms with Gasteiger partial charge in [-0.05, 0) is 37.5 Å². The van der Waals surface area contributed by atoms with Crippen LogP contribution < -0.4 is 0 Å². The fourth-order valence-corrected chi connectivity index (χ4v) is 2.65. The number of nitriles is 1. The number of benzene rings is 1. The maximum atomic E-state index is 12.5. The van der Waals surface area contributed by atoms with Gasteiger partial charge in [-0.2, -0.15) is 5.26 Å². The minimum Gasteiger partial charge on any atom is -0.466 e. The number of carbonyl (C=O) groups excluding carboxylic acids is 2. The van der Waals surface area contributed by atoms with E-state index in [2.05, 4.69) is 6.07 Å². The Bertz CT molecular complexity index is 575. The van der Waals surface area contributed by atoms with Crippen LogP contribution in [-0.2, 0) is 16.0 Å². The van der Waals surface area contributed by atoms with E-state index in [1.165, 1.54) is 0 Å². The molecule has 0 bridgehead atoms. The van der Waals surface area contributed by atoms with E-state index in [4.69, 9.17) is 10.00 Å². The van der Waals surface area contributed by atoms with Crippen molar-refractivity contribution >= 4 is 11.9 Å². The van der Waals surface area contributed by atoms with Crippen molar-refractivity contribution in [3.8, 4) is 6.07 Å². The van der Waals surface area contributed by atoms with Gasteiger partial charge in [0.25, 0.3) is 5.91 Å². The van der Waals surface area contributed by atoms with Crippen molar-refractivity contribution in [3.05, 3.63) is 35.4 Å². The zero-order valence-corrected chi connectivity index (χ0v) is 12.7. The van der Waals surface area contributed by atoms with Crippen molar-refractivity contribution in [3.63, 3.8) is 0 Å². The topological polar surface area (TPSA) is 70.4 Å². The minimum absolute atomic E-state index is 0.0718. The molecule has 5 nitrogen and oxygen atoms in total. The Morgan fingerprint density at radius 3 is 2.73 bits per heavy atom. The van der Waals surface area contributed by atoms with Crippen molar-refractivity contribution in [2.24, 2.45) is 5.92 Å². The number of piperidine rings is 1. The smallest absolute Gasteiger partial charge is 0.310 e. The summed E-state index contributed by atoms with van der Waals surface area (Å²) in [7, 11) is 0. The quantitative estimate of drug-likeness (QED) is 0.799. The molecule has 1 aliphatic rings. The minimum atomic E-state index is -0.226. The van der Waals surface area contributed by atoms with E-state index < -0.39 is 0 Å². The van der Waals surface area contributed by atoms with E-state index in [1.807, 2.05) is 0 Å². The van der Waals surface area contributed by atoms with Crippen LogP contribution in [0.5, 0.6) is 0 Å². The van der Waals surface area contributed by atoms with Gasteiger partial charge < -0.3 is 9.64 Å². The van der Waals surface area contributed by atoms with Gasteiger partial charge in [-0.25, -0.2) is 0 Å². The second-order valence-electron chi connectivity index (χ2n) is 5.37. The molecule has 1 unspecified atom stereocenters. The standard InChI is InChI=1S/C17H20N2O3/c1-2-22-17(21)15-4-3-11-19(12-15)16(20)14-7-5-13(6-8-14)9-10-18/h5-8,15H,2-4,9,11-12H2,1H3. The van der Waals surface area contributed by atoms with Crippen molar-refractivity contribution in [2.75, 3.05) is 19.7 Å². The first-order chi connectivity index (χ1) is 10.7. The Kier molecular flexibility index (Phi) is 5.54.